The fourth-order valence-corrected chi connectivity index (χ4v) is 7.56. The molecule has 1 atom stereocenters. The lowest BCUT2D eigenvalue weighted by Crippen LogP contribution is -2.30. The fraction of sp³-hybridized carbons (Fsp3) is 0.940. The van der Waals surface area contributed by atoms with Crippen LogP contribution in [0.5, 0.6) is 0 Å². The van der Waals surface area contributed by atoms with Crippen molar-refractivity contribution >= 4 is 17.9 Å². The summed E-state index contributed by atoms with van der Waals surface area (Å²) >= 11 is 0. The van der Waals surface area contributed by atoms with Crippen LogP contribution < -0.4 is 0 Å². The Hall–Kier alpha value is -1.59. The Kier molecular flexibility index (Phi) is 44.8. The topological polar surface area (TPSA) is 78.9 Å². The smallest absolute Gasteiger partial charge is 0.306 e. The van der Waals surface area contributed by atoms with Gasteiger partial charge in [0.05, 0.1) is 0 Å². The Labute approximate surface area is 348 Å². The zero-order valence-electron chi connectivity index (χ0n) is 37.9. The summed E-state index contributed by atoms with van der Waals surface area (Å²) in [7, 11) is 0. The minimum absolute atomic E-state index is 0.0622. The second-order valence-corrected chi connectivity index (χ2v) is 17.1. The fourth-order valence-electron chi connectivity index (χ4n) is 7.56. The van der Waals surface area contributed by atoms with Gasteiger partial charge in [0.15, 0.2) is 6.10 Å². The maximum atomic E-state index is 12.7. The van der Waals surface area contributed by atoms with E-state index in [1.165, 1.54) is 186 Å². The summed E-state index contributed by atoms with van der Waals surface area (Å²) in [5, 5.41) is 0. The van der Waals surface area contributed by atoms with Gasteiger partial charge in [-0.1, -0.05) is 245 Å². The van der Waals surface area contributed by atoms with Crippen molar-refractivity contribution in [3.05, 3.63) is 0 Å². The average molecular weight is 793 g/mol. The van der Waals surface area contributed by atoms with Gasteiger partial charge in [0, 0.05) is 19.3 Å². The van der Waals surface area contributed by atoms with Gasteiger partial charge in [0.1, 0.15) is 13.2 Å². The van der Waals surface area contributed by atoms with Gasteiger partial charge in [0.2, 0.25) is 0 Å². The quantitative estimate of drug-likeness (QED) is 0.0347. The number of unbranched alkanes of at least 4 members (excludes halogenated alkanes) is 35. The molecule has 0 radical (unpaired) electrons. The molecule has 332 valence electrons. The van der Waals surface area contributed by atoms with Crippen LogP contribution in [-0.4, -0.2) is 37.2 Å². The molecule has 0 saturated heterocycles. The van der Waals surface area contributed by atoms with Gasteiger partial charge in [-0.15, -0.1) is 0 Å². The Morgan fingerprint density at radius 3 is 0.714 bits per heavy atom. The molecule has 0 unspecified atom stereocenters. The summed E-state index contributed by atoms with van der Waals surface area (Å²) in [6.45, 7) is 6.65. The second-order valence-electron chi connectivity index (χ2n) is 17.1. The highest BCUT2D eigenvalue weighted by Crippen LogP contribution is 2.16. The molecular weight excluding hydrogens is 697 g/mol. The van der Waals surface area contributed by atoms with Gasteiger partial charge < -0.3 is 14.2 Å². The maximum absolute atomic E-state index is 12.7. The molecule has 6 heteroatoms. The Bertz CT molecular complexity index is 828. The standard InChI is InChI=1S/C50H96O6/c1-4-7-10-13-16-19-21-23-24-25-27-28-31-34-37-40-43-49(52)55-46-47(45-54-48(51)42-39-36-33-30-18-15-12-9-6-3)56-50(53)44-41-38-35-32-29-26-22-20-17-14-11-8-5-2/h47H,4-46H2,1-3H3/t47-/m1/s1. The van der Waals surface area contributed by atoms with Gasteiger partial charge in [-0.25, -0.2) is 0 Å². The number of rotatable bonds is 46. The molecule has 0 aliphatic heterocycles. The van der Waals surface area contributed by atoms with E-state index in [1.54, 1.807) is 0 Å². The SMILES string of the molecule is CCCCCCCCCCCCCCCCCCC(=O)OC[C@@H](COC(=O)CCCCCCCCCCC)OC(=O)CCCCCCCCCCCCCCC. The van der Waals surface area contributed by atoms with Gasteiger partial charge in [0.25, 0.3) is 0 Å². The zero-order chi connectivity index (χ0) is 40.8. The van der Waals surface area contributed by atoms with Gasteiger partial charge in [-0.05, 0) is 19.3 Å². The molecule has 0 N–H and O–H groups in total. The van der Waals surface area contributed by atoms with E-state index in [0.717, 1.165) is 57.8 Å². The molecule has 0 aromatic rings. The number of esters is 3. The molecule has 0 aromatic heterocycles. The minimum atomic E-state index is -0.758. The van der Waals surface area contributed by atoms with E-state index in [-0.39, 0.29) is 31.1 Å². The van der Waals surface area contributed by atoms with Crippen molar-refractivity contribution < 1.29 is 28.6 Å². The van der Waals surface area contributed by atoms with Gasteiger partial charge >= 0.3 is 17.9 Å². The number of carbonyl (C=O) groups is 3. The van der Waals surface area contributed by atoms with Crippen LogP contribution in [-0.2, 0) is 28.6 Å². The number of hydrogen-bond donors (Lipinski definition) is 0. The monoisotopic (exact) mass is 793 g/mol. The summed E-state index contributed by atoms with van der Waals surface area (Å²) in [5.74, 6) is -0.846. The third kappa shape index (κ3) is 43.5. The van der Waals surface area contributed by atoms with Gasteiger partial charge in [-0.3, -0.25) is 14.4 Å². The lowest BCUT2D eigenvalue weighted by molar-refractivity contribution is -0.167. The summed E-state index contributed by atoms with van der Waals surface area (Å²) in [5.41, 5.74) is 0. The van der Waals surface area contributed by atoms with E-state index in [2.05, 4.69) is 20.8 Å². The van der Waals surface area contributed by atoms with Crippen molar-refractivity contribution in [2.45, 2.75) is 290 Å². The lowest BCUT2D eigenvalue weighted by Gasteiger charge is -2.18. The summed E-state index contributed by atoms with van der Waals surface area (Å²) in [6, 6.07) is 0. The number of hydrogen-bond acceptors (Lipinski definition) is 6. The summed E-state index contributed by atoms with van der Waals surface area (Å²) < 4.78 is 16.8. The third-order valence-electron chi connectivity index (χ3n) is 11.4. The van der Waals surface area contributed by atoms with Crippen LogP contribution in [0.1, 0.15) is 284 Å². The first-order chi connectivity index (χ1) is 27.5. The predicted molar refractivity (Wildman–Crippen MR) is 238 cm³/mol. The van der Waals surface area contributed by atoms with E-state index in [1.807, 2.05) is 0 Å². The largest absolute Gasteiger partial charge is 0.462 e. The molecule has 0 rings (SSSR count). The van der Waals surface area contributed by atoms with Crippen molar-refractivity contribution in [3.8, 4) is 0 Å². The second kappa shape index (κ2) is 46.1. The Morgan fingerprint density at radius 2 is 0.482 bits per heavy atom. The Morgan fingerprint density at radius 1 is 0.286 bits per heavy atom. The van der Waals surface area contributed by atoms with E-state index in [0.29, 0.717) is 19.3 Å². The van der Waals surface area contributed by atoms with Gasteiger partial charge in [-0.2, -0.15) is 0 Å². The molecule has 0 aliphatic carbocycles. The minimum Gasteiger partial charge on any atom is -0.462 e. The molecule has 6 nitrogen and oxygen atoms in total. The lowest BCUT2D eigenvalue weighted by atomic mass is 10.0. The highest BCUT2D eigenvalue weighted by atomic mass is 16.6. The third-order valence-corrected chi connectivity index (χ3v) is 11.4. The molecule has 0 spiro atoms. The van der Waals surface area contributed by atoms with Crippen LogP contribution in [0.3, 0.4) is 0 Å². The highest BCUT2D eigenvalue weighted by Gasteiger charge is 2.19. The molecule has 0 fully saturated rings. The van der Waals surface area contributed by atoms with Crippen LogP contribution in [0, 0.1) is 0 Å². The van der Waals surface area contributed by atoms with Crippen LogP contribution in [0.15, 0.2) is 0 Å². The number of carbonyl (C=O) groups excluding carboxylic acids is 3. The summed E-state index contributed by atoms with van der Waals surface area (Å²) in [6.07, 6.45) is 48.0. The van der Waals surface area contributed by atoms with E-state index in [9.17, 15) is 14.4 Å². The molecule has 56 heavy (non-hydrogen) atoms. The first-order valence-corrected chi connectivity index (χ1v) is 25.0. The normalized spacial score (nSPS) is 11.8. The summed E-state index contributed by atoms with van der Waals surface area (Å²) in [4.78, 5) is 37.8. The molecule has 0 saturated carbocycles. The van der Waals surface area contributed by atoms with Crippen LogP contribution in [0.2, 0.25) is 0 Å². The zero-order valence-corrected chi connectivity index (χ0v) is 37.9. The Balaban J connectivity index is 4.26. The molecule has 0 amide bonds. The predicted octanol–water partition coefficient (Wildman–Crippen LogP) is 16.0. The van der Waals surface area contributed by atoms with Crippen molar-refractivity contribution in [1.29, 1.82) is 0 Å². The number of ether oxygens (including phenoxy) is 3. The van der Waals surface area contributed by atoms with E-state index >= 15 is 0 Å². The molecule has 0 aromatic carbocycles. The first-order valence-electron chi connectivity index (χ1n) is 25.0. The van der Waals surface area contributed by atoms with E-state index < -0.39 is 6.10 Å². The molecular formula is C50H96O6. The molecule has 0 heterocycles. The average Bonchev–Trinajstić information content (AvgIpc) is 3.19. The van der Waals surface area contributed by atoms with Crippen molar-refractivity contribution in [2.24, 2.45) is 0 Å². The highest BCUT2D eigenvalue weighted by molar-refractivity contribution is 5.71. The van der Waals surface area contributed by atoms with E-state index in [4.69, 9.17) is 14.2 Å². The van der Waals surface area contributed by atoms with Crippen molar-refractivity contribution in [3.63, 3.8) is 0 Å². The van der Waals surface area contributed by atoms with Crippen LogP contribution >= 0.6 is 0 Å². The van der Waals surface area contributed by atoms with Crippen molar-refractivity contribution in [1.82, 2.24) is 0 Å². The van der Waals surface area contributed by atoms with Crippen LogP contribution in [0.4, 0.5) is 0 Å². The molecule has 0 bridgehead atoms. The first kappa shape index (κ1) is 54.4. The molecule has 0 aliphatic rings. The van der Waals surface area contributed by atoms with Crippen LogP contribution in [0.25, 0.3) is 0 Å². The maximum Gasteiger partial charge on any atom is 0.306 e. The van der Waals surface area contributed by atoms with Crippen molar-refractivity contribution in [2.75, 3.05) is 13.2 Å².